The molecule has 0 bridgehead atoms. The van der Waals surface area contributed by atoms with Crippen LogP contribution in [0.2, 0.25) is 0 Å². The van der Waals surface area contributed by atoms with Crippen molar-refractivity contribution in [1.29, 1.82) is 0 Å². The summed E-state index contributed by atoms with van der Waals surface area (Å²) in [4.78, 5) is 12.0. The normalized spacial score (nSPS) is 22.8. The molecule has 98 valence electrons. The Morgan fingerprint density at radius 1 is 1.56 bits per heavy atom. The van der Waals surface area contributed by atoms with Crippen LogP contribution in [0.5, 0.6) is 0 Å². The molecule has 1 N–H and O–H groups in total. The molecule has 1 aliphatic heterocycles. The number of nitrogens with one attached hydrogen (secondary N) is 1. The maximum absolute atomic E-state index is 13.6. The van der Waals surface area contributed by atoms with Crippen LogP contribution in [0.4, 0.5) is 10.1 Å². The number of carbonyl (C=O) groups is 1. The van der Waals surface area contributed by atoms with Crippen molar-refractivity contribution in [2.75, 3.05) is 25.1 Å². The molecule has 18 heavy (non-hydrogen) atoms. The second-order valence-electron chi connectivity index (χ2n) is 4.21. The van der Waals surface area contributed by atoms with Gasteiger partial charge in [-0.2, -0.15) is 0 Å². The molecule has 1 fully saturated rings. The minimum absolute atomic E-state index is 0.195. The van der Waals surface area contributed by atoms with E-state index in [1.807, 2.05) is 0 Å². The molecule has 2 rings (SSSR count). The molecule has 4 nitrogen and oxygen atoms in total. The molecule has 0 radical (unpaired) electrons. The van der Waals surface area contributed by atoms with Gasteiger partial charge >= 0.3 is 5.97 Å². The number of ether oxygens (including phenoxy) is 2. The highest BCUT2D eigenvalue weighted by atomic mass is 19.1. The predicted molar refractivity (Wildman–Crippen MR) is 64.8 cm³/mol. The highest BCUT2D eigenvalue weighted by Gasteiger charge is 2.44. The minimum Gasteiger partial charge on any atom is -0.464 e. The van der Waals surface area contributed by atoms with Crippen molar-refractivity contribution in [3.63, 3.8) is 0 Å². The van der Waals surface area contributed by atoms with Gasteiger partial charge in [-0.15, -0.1) is 0 Å². The molecule has 0 aromatic heterocycles. The zero-order chi connectivity index (χ0) is 13.0. The predicted octanol–water partition coefficient (Wildman–Crippen LogP) is 1.96. The molecular formula is C13H16FNO3. The lowest BCUT2D eigenvalue weighted by Crippen LogP contribution is -2.48. The van der Waals surface area contributed by atoms with Gasteiger partial charge in [-0.05, 0) is 19.1 Å². The third-order valence-corrected chi connectivity index (χ3v) is 2.94. The van der Waals surface area contributed by atoms with Gasteiger partial charge in [0, 0.05) is 13.0 Å². The fraction of sp³-hybridized carbons (Fsp3) is 0.462. The van der Waals surface area contributed by atoms with Gasteiger partial charge in [-0.1, -0.05) is 12.1 Å². The van der Waals surface area contributed by atoms with Crippen LogP contribution in [0.25, 0.3) is 0 Å². The van der Waals surface area contributed by atoms with Gasteiger partial charge in [-0.25, -0.2) is 9.18 Å². The summed E-state index contributed by atoms with van der Waals surface area (Å²) in [6, 6.07) is 6.24. The monoisotopic (exact) mass is 253 g/mol. The third kappa shape index (κ3) is 2.46. The molecule has 1 aliphatic rings. The summed E-state index contributed by atoms with van der Waals surface area (Å²) in [5, 5.41) is 2.93. The van der Waals surface area contributed by atoms with E-state index < -0.39 is 17.3 Å². The summed E-state index contributed by atoms with van der Waals surface area (Å²) < 4.78 is 23.9. The van der Waals surface area contributed by atoms with Crippen molar-refractivity contribution in [2.45, 2.75) is 18.9 Å². The van der Waals surface area contributed by atoms with Crippen molar-refractivity contribution in [1.82, 2.24) is 0 Å². The molecule has 1 aromatic carbocycles. The SMILES string of the molecule is CCOC(=O)C1(Nc2ccccc2F)CCOC1. The van der Waals surface area contributed by atoms with E-state index in [9.17, 15) is 9.18 Å². The highest BCUT2D eigenvalue weighted by Crippen LogP contribution is 2.27. The van der Waals surface area contributed by atoms with Gasteiger partial charge in [0.1, 0.15) is 5.82 Å². The van der Waals surface area contributed by atoms with Crippen molar-refractivity contribution >= 4 is 11.7 Å². The average molecular weight is 253 g/mol. The van der Waals surface area contributed by atoms with Crippen LogP contribution < -0.4 is 5.32 Å². The van der Waals surface area contributed by atoms with Crippen LogP contribution in [0, 0.1) is 5.82 Å². The van der Waals surface area contributed by atoms with E-state index in [0.29, 0.717) is 19.6 Å². The molecule has 1 heterocycles. The van der Waals surface area contributed by atoms with Crippen molar-refractivity contribution in [2.24, 2.45) is 0 Å². The summed E-state index contributed by atoms with van der Waals surface area (Å²) in [5.41, 5.74) is -0.686. The Kier molecular flexibility index (Phi) is 3.81. The maximum atomic E-state index is 13.6. The Bertz CT molecular complexity index is 430. The number of rotatable bonds is 4. The summed E-state index contributed by atoms with van der Waals surface area (Å²) in [6.45, 7) is 2.68. The van der Waals surface area contributed by atoms with Crippen LogP contribution in [-0.2, 0) is 14.3 Å². The first-order chi connectivity index (χ1) is 8.68. The molecule has 1 atom stereocenters. The molecule has 0 saturated carbocycles. The Balaban J connectivity index is 2.21. The van der Waals surface area contributed by atoms with Crippen LogP contribution in [0.15, 0.2) is 24.3 Å². The topological polar surface area (TPSA) is 47.6 Å². The standard InChI is InChI=1S/C13H16FNO3/c1-2-18-12(16)13(7-8-17-9-13)15-11-6-4-3-5-10(11)14/h3-6,15H,2,7-9H2,1H3. The van der Waals surface area contributed by atoms with E-state index in [1.54, 1.807) is 25.1 Å². The summed E-state index contributed by atoms with van der Waals surface area (Å²) in [7, 11) is 0. The van der Waals surface area contributed by atoms with E-state index in [2.05, 4.69) is 5.32 Å². The lowest BCUT2D eigenvalue weighted by atomic mass is 9.98. The number of hydrogen-bond donors (Lipinski definition) is 1. The van der Waals surface area contributed by atoms with Crippen LogP contribution in [0.1, 0.15) is 13.3 Å². The fourth-order valence-corrected chi connectivity index (χ4v) is 1.97. The zero-order valence-corrected chi connectivity index (χ0v) is 10.2. The van der Waals surface area contributed by atoms with Crippen molar-refractivity contribution in [3.8, 4) is 0 Å². The van der Waals surface area contributed by atoms with Crippen LogP contribution in [0.3, 0.4) is 0 Å². The summed E-state index contributed by atoms with van der Waals surface area (Å²) in [5.74, 6) is -0.793. The van der Waals surface area contributed by atoms with Gasteiger partial charge in [0.25, 0.3) is 0 Å². The summed E-state index contributed by atoms with van der Waals surface area (Å²) >= 11 is 0. The number of para-hydroxylation sites is 1. The number of anilines is 1. The lowest BCUT2D eigenvalue weighted by molar-refractivity contribution is -0.148. The number of benzene rings is 1. The lowest BCUT2D eigenvalue weighted by Gasteiger charge is -2.27. The number of esters is 1. The average Bonchev–Trinajstić information content (AvgIpc) is 2.82. The van der Waals surface area contributed by atoms with E-state index in [4.69, 9.17) is 9.47 Å². The zero-order valence-electron chi connectivity index (χ0n) is 10.2. The van der Waals surface area contributed by atoms with E-state index in [0.717, 1.165) is 0 Å². The van der Waals surface area contributed by atoms with E-state index in [1.165, 1.54) is 6.07 Å². The Morgan fingerprint density at radius 3 is 2.94 bits per heavy atom. The van der Waals surface area contributed by atoms with Gasteiger partial charge in [0.05, 0.1) is 18.9 Å². The number of hydrogen-bond acceptors (Lipinski definition) is 4. The van der Waals surface area contributed by atoms with Crippen molar-refractivity contribution in [3.05, 3.63) is 30.1 Å². The third-order valence-electron chi connectivity index (χ3n) is 2.94. The second-order valence-corrected chi connectivity index (χ2v) is 4.21. The quantitative estimate of drug-likeness (QED) is 0.833. The Hall–Kier alpha value is -1.62. The van der Waals surface area contributed by atoms with Crippen LogP contribution in [-0.4, -0.2) is 31.3 Å². The van der Waals surface area contributed by atoms with E-state index >= 15 is 0 Å². The van der Waals surface area contributed by atoms with Gasteiger partial charge in [0.15, 0.2) is 5.54 Å². The Morgan fingerprint density at radius 2 is 2.33 bits per heavy atom. The summed E-state index contributed by atoms with van der Waals surface area (Å²) in [6.07, 6.45) is 0.472. The molecule has 1 saturated heterocycles. The largest absolute Gasteiger partial charge is 0.464 e. The Labute approximate surface area is 105 Å². The smallest absolute Gasteiger partial charge is 0.334 e. The number of carbonyl (C=O) groups excluding carboxylic acids is 1. The highest BCUT2D eigenvalue weighted by molar-refractivity contribution is 5.85. The molecule has 1 unspecified atom stereocenters. The van der Waals surface area contributed by atoms with Gasteiger partial charge in [0.2, 0.25) is 0 Å². The van der Waals surface area contributed by atoms with Crippen LogP contribution >= 0.6 is 0 Å². The fourth-order valence-electron chi connectivity index (χ4n) is 1.97. The molecular weight excluding hydrogens is 237 g/mol. The van der Waals surface area contributed by atoms with Gasteiger partial charge < -0.3 is 14.8 Å². The molecule has 1 aromatic rings. The first-order valence-electron chi connectivity index (χ1n) is 5.95. The van der Waals surface area contributed by atoms with Gasteiger partial charge in [-0.3, -0.25) is 0 Å². The first kappa shape index (κ1) is 12.8. The number of halogens is 1. The second kappa shape index (κ2) is 5.35. The van der Waals surface area contributed by atoms with E-state index in [-0.39, 0.29) is 12.3 Å². The van der Waals surface area contributed by atoms with Crippen molar-refractivity contribution < 1.29 is 18.7 Å². The molecule has 0 spiro atoms. The molecule has 0 amide bonds. The molecule has 5 heteroatoms. The minimum atomic E-state index is -0.974. The molecule has 0 aliphatic carbocycles. The first-order valence-corrected chi connectivity index (χ1v) is 5.95. The maximum Gasteiger partial charge on any atom is 0.334 e.